The molecule has 0 saturated carbocycles. The number of hydrogen-bond acceptors (Lipinski definition) is 3. The van der Waals surface area contributed by atoms with E-state index >= 15 is 0 Å². The van der Waals surface area contributed by atoms with Crippen LogP contribution < -0.4 is 20.7 Å². The van der Waals surface area contributed by atoms with E-state index in [2.05, 4.69) is 16.0 Å². The van der Waals surface area contributed by atoms with Crippen molar-refractivity contribution in [2.24, 2.45) is 0 Å². The highest BCUT2D eigenvalue weighted by atomic mass is 35.5. The molecule has 0 aromatic heterocycles. The summed E-state index contributed by atoms with van der Waals surface area (Å²) in [7, 11) is 0. The molecular formula is C20H20ClN3O2S. The summed E-state index contributed by atoms with van der Waals surface area (Å²) in [6.07, 6.45) is 0. The molecule has 0 bridgehead atoms. The second-order valence-corrected chi connectivity index (χ2v) is 6.82. The summed E-state index contributed by atoms with van der Waals surface area (Å²) in [5.74, 6) is 0.523. The number of allylic oxidation sites excluding steroid dienone is 1. The molecule has 1 aliphatic rings. The lowest BCUT2D eigenvalue weighted by molar-refractivity contribution is -0.113. The molecule has 27 heavy (non-hydrogen) atoms. The minimum Gasteiger partial charge on any atom is -0.494 e. The van der Waals surface area contributed by atoms with Gasteiger partial charge in [-0.25, -0.2) is 0 Å². The zero-order valence-electron chi connectivity index (χ0n) is 15.0. The predicted molar refractivity (Wildman–Crippen MR) is 112 cm³/mol. The Morgan fingerprint density at radius 2 is 1.93 bits per heavy atom. The summed E-state index contributed by atoms with van der Waals surface area (Å²) in [6.45, 7) is 4.34. The zero-order valence-corrected chi connectivity index (χ0v) is 16.6. The van der Waals surface area contributed by atoms with Gasteiger partial charge in [0.05, 0.1) is 18.2 Å². The van der Waals surface area contributed by atoms with Gasteiger partial charge in [0.15, 0.2) is 5.11 Å². The van der Waals surface area contributed by atoms with Crippen molar-refractivity contribution < 1.29 is 9.53 Å². The van der Waals surface area contributed by atoms with E-state index in [1.54, 1.807) is 18.2 Å². The van der Waals surface area contributed by atoms with Gasteiger partial charge in [-0.05, 0) is 62.0 Å². The number of halogens is 1. The molecule has 1 heterocycles. The number of anilines is 1. The topological polar surface area (TPSA) is 62.4 Å². The van der Waals surface area contributed by atoms with Gasteiger partial charge < -0.3 is 20.7 Å². The van der Waals surface area contributed by atoms with Crippen molar-refractivity contribution in [2.75, 3.05) is 11.9 Å². The predicted octanol–water partition coefficient (Wildman–Crippen LogP) is 4.17. The van der Waals surface area contributed by atoms with Crippen molar-refractivity contribution >= 4 is 40.5 Å². The van der Waals surface area contributed by atoms with E-state index in [1.165, 1.54) is 0 Å². The number of amides is 1. The maximum atomic E-state index is 13.0. The van der Waals surface area contributed by atoms with Gasteiger partial charge >= 0.3 is 0 Å². The normalized spacial score (nSPS) is 16.4. The molecule has 3 N–H and O–H groups in total. The van der Waals surface area contributed by atoms with Crippen molar-refractivity contribution in [3.63, 3.8) is 0 Å². The van der Waals surface area contributed by atoms with E-state index in [-0.39, 0.29) is 5.91 Å². The highest BCUT2D eigenvalue weighted by molar-refractivity contribution is 7.80. The molecule has 2 aromatic carbocycles. The third kappa shape index (κ3) is 4.40. The maximum absolute atomic E-state index is 13.0. The monoisotopic (exact) mass is 401 g/mol. The Morgan fingerprint density at radius 1 is 1.22 bits per heavy atom. The van der Waals surface area contributed by atoms with E-state index in [9.17, 15) is 4.79 Å². The van der Waals surface area contributed by atoms with Gasteiger partial charge in [0.2, 0.25) is 0 Å². The molecule has 140 valence electrons. The van der Waals surface area contributed by atoms with Gasteiger partial charge in [0, 0.05) is 16.4 Å². The summed E-state index contributed by atoms with van der Waals surface area (Å²) in [5.41, 5.74) is 2.69. The molecule has 0 unspecified atom stereocenters. The molecule has 0 saturated heterocycles. The average molecular weight is 402 g/mol. The number of nitrogens with one attached hydrogen (secondary N) is 3. The molecule has 1 atom stereocenters. The lowest BCUT2D eigenvalue weighted by Gasteiger charge is -2.30. The van der Waals surface area contributed by atoms with Gasteiger partial charge in [0.25, 0.3) is 5.91 Å². The molecule has 0 fully saturated rings. The SMILES string of the molecule is CCOc1ccc(NC(=O)C2=C(C)NC(=S)N[C@@H]2c2ccccc2Cl)cc1. The summed E-state index contributed by atoms with van der Waals surface area (Å²) in [6, 6.07) is 14.2. The van der Waals surface area contributed by atoms with Crippen LogP contribution in [0.1, 0.15) is 25.5 Å². The van der Waals surface area contributed by atoms with Crippen LogP contribution in [0, 0.1) is 0 Å². The molecular weight excluding hydrogens is 382 g/mol. The Kier molecular flexibility index (Phi) is 5.98. The first-order valence-electron chi connectivity index (χ1n) is 8.56. The molecule has 1 aliphatic heterocycles. The highest BCUT2D eigenvalue weighted by Crippen LogP contribution is 2.32. The van der Waals surface area contributed by atoms with Gasteiger partial charge in [-0.1, -0.05) is 29.8 Å². The summed E-state index contributed by atoms with van der Waals surface area (Å²) < 4.78 is 5.43. The van der Waals surface area contributed by atoms with Crippen LogP contribution in [0.4, 0.5) is 5.69 Å². The zero-order chi connectivity index (χ0) is 19.4. The lowest BCUT2D eigenvalue weighted by Crippen LogP contribution is -2.45. The van der Waals surface area contributed by atoms with Crippen LogP contribution in [0.15, 0.2) is 59.8 Å². The van der Waals surface area contributed by atoms with E-state index in [4.69, 9.17) is 28.6 Å². The van der Waals surface area contributed by atoms with Gasteiger partial charge in [-0.3, -0.25) is 4.79 Å². The van der Waals surface area contributed by atoms with E-state index < -0.39 is 6.04 Å². The van der Waals surface area contributed by atoms with Crippen molar-refractivity contribution in [3.8, 4) is 5.75 Å². The van der Waals surface area contributed by atoms with Crippen molar-refractivity contribution in [3.05, 3.63) is 70.4 Å². The highest BCUT2D eigenvalue weighted by Gasteiger charge is 2.31. The molecule has 3 rings (SSSR count). The standard InChI is InChI=1S/C20H20ClN3O2S/c1-3-26-14-10-8-13(9-11-14)23-19(25)17-12(2)22-20(27)24-18(17)15-6-4-5-7-16(15)21/h4-11,18H,3H2,1-2H3,(H,23,25)(H2,22,24,27)/t18-/m1/s1. The molecule has 0 radical (unpaired) electrons. The lowest BCUT2D eigenvalue weighted by atomic mass is 9.95. The van der Waals surface area contributed by atoms with Crippen molar-refractivity contribution in [1.82, 2.24) is 10.6 Å². The van der Waals surface area contributed by atoms with Crippen molar-refractivity contribution in [1.29, 1.82) is 0 Å². The molecule has 2 aromatic rings. The first-order valence-corrected chi connectivity index (χ1v) is 9.35. The first-order chi connectivity index (χ1) is 13.0. The number of rotatable bonds is 5. The molecule has 1 amide bonds. The number of benzene rings is 2. The second-order valence-electron chi connectivity index (χ2n) is 6.00. The van der Waals surface area contributed by atoms with Crippen LogP contribution in [-0.2, 0) is 4.79 Å². The first kappa shape index (κ1) is 19.2. The van der Waals surface area contributed by atoms with E-state index in [1.807, 2.05) is 44.2 Å². The number of carbonyl (C=O) groups excluding carboxylic acids is 1. The third-order valence-corrected chi connectivity index (χ3v) is 4.72. The summed E-state index contributed by atoms with van der Waals surface area (Å²) >= 11 is 11.6. The Balaban J connectivity index is 1.88. The Morgan fingerprint density at radius 3 is 2.59 bits per heavy atom. The van der Waals surface area contributed by atoms with Gasteiger partial charge in [-0.15, -0.1) is 0 Å². The van der Waals surface area contributed by atoms with Crippen LogP contribution in [0.2, 0.25) is 5.02 Å². The fourth-order valence-corrected chi connectivity index (χ4v) is 3.45. The average Bonchev–Trinajstić information content (AvgIpc) is 2.63. The molecule has 7 heteroatoms. The Hall–Kier alpha value is -2.57. The third-order valence-electron chi connectivity index (χ3n) is 4.15. The molecule has 0 spiro atoms. The molecule has 0 aliphatic carbocycles. The fraction of sp³-hybridized carbons (Fsp3) is 0.200. The minimum atomic E-state index is -0.435. The Labute approximate surface area is 168 Å². The molecule has 5 nitrogen and oxygen atoms in total. The van der Waals surface area contributed by atoms with Crippen LogP contribution in [0.5, 0.6) is 5.75 Å². The quantitative estimate of drug-likeness (QED) is 0.656. The number of hydrogen-bond donors (Lipinski definition) is 3. The number of thiocarbonyl (C=S) groups is 1. The number of carbonyl (C=O) groups is 1. The number of ether oxygens (including phenoxy) is 1. The van der Waals surface area contributed by atoms with Crippen LogP contribution >= 0.6 is 23.8 Å². The van der Waals surface area contributed by atoms with Crippen LogP contribution in [-0.4, -0.2) is 17.6 Å². The van der Waals surface area contributed by atoms with E-state index in [0.717, 1.165) is 11.3 Å². The fourth-order valence-electron chi connectivity index (χ4n) is 2.94. The van der Waals surface area contributed by atoms with Crippen molar-refractivity contribution in [2.45, 2.75) is 19.9 Å². The van der Waals surface area contributed by atoms with Crippen LogP contribution in [0.25, 0.3) is 0 Å². The van der Waals surface area contributed by atoms with Crippen LogP contribution in [0.3, 0.4) is 0 Å². The smallest absolute Gasteiger partial charge is 0.255 e. The second kappa shape index (κ2) is 8.41. The summed E-state index contributed by atoms with van der Waals surface area (Å²) in [4.78, 5) is 13.0. The van der Waals surface area contributed by atoms with Gasteiger partial charge in [-0.2, -0.15) is 0 Å². The Bertz CT molecular complexity index is 896. The maximum Gasteiger partial charge on any atom is 0.255 e. The minimum absolute atomic E-state index is 0.232. The summed E-state index contributed by atoms with van der Waals surface area (Å²) in [5, 5.41) is 10.1. The van der Waals surface area contributed by atoms with Gasteiger partial charge in [0.1, 0.15) is 5.75 Å². The van der Waals surface area contributed by atoms with E-state index in [0.29, 0.717) is 33.7 Å². The largest absolute Gasteiger partial charge is 0.494 e.